The van der Waals surface area contributed by atoms with Gasteiger partial charge in [0, 0.05) is 11.3 Å². The second-order valence-electron chi connectivity index (χ2n) is 5.72. The Balaban J connectivity index is 1.75. The van der Waals surface area contributed by atoms with E-state index in [1.807, 2.05) is 49.4 Å². The lowest BCUT2D eigenvalue weighted by molar-refractivity contribution is 0.0940. The molecule has 0 aromatic heterocycles. The summed E-state index contributed by atoms with van der Waals surface area (Å²) in [6, 6.07) is 15.5. The van der Waals surface area contributed by atoms with Gasteiger partial charge in [0.05, 0.1) is 6.04 Å². The molecule has 21 heavy (non-hydrogen) atoms. The van der Waals surface area contributed by atoms with Gasteiger partial charge in [0.15, 0.2) is 0 Å². The Morgan fingerprint density at radius 3 is 2.57 bits per heavy atom. The lowest BCUT2D eigenvalue weighted by Crippen LogP contribution is -2.26. The molecule has 0 aliphatic heterocycles. The predicted octanol–water partition coefficient (Wildman–Crippen LogP) is 3.64. The molecule has 3 nitrogen and oxygen atoms in total. The highest BCUT2D eigenvalue weighted by molar-refractivity contribution is 5.95. The van der Waals surface area contributed by atoms with Crippen molar-refractivity contribution in [1.82, 2.24) is 5.32 Å². The highest BCUT2D eigenvalue weighted by Gasteiger charge is 2.26. The van der Waals surface area contributed by atoms with Gasteiger partial charge in [-0.2, -0.15) is 0 Å². The number of hydrogen-bond acceptors (Lipinski definition) is 2. The molecule has 1 aliphatic rings. The smallest absolute Gasteiger partial charge is 0.251 e. The number of nitrogen functional groups attached to an aromatic ring is 1. The monoisotopic (exact) mass is 280 g/mol. The number of hydrogen-bond donors (Lipinski definition) is 2. The molecule has 1 aliphatic carbocycles. The molecule has 0 radical (unpaired) electrons. The van der Waals surface area contributed by atoms with Crippen molar-refractivity contribution >= 4 is 11.6 Å². The minimum absolute atomic E-state index is 0.0133. The topological polar surface area (TPSA) is 55.1 Å². The summed E-state index contributed by atoms with van der Waals surface area (Å²) in [5.74, 6) is 0.498. The second-order valence-corrected chi connectivity index (χ2v) is 5.72. The molecule has 0 saturated heterocycles. The van der Waals surface area contributed by atoms with Crippen LogP contribution in [0, 0.1) is 0 Å². The first-order valence-electron chi connectivity index (χ1n) is 7.40. The lowest BCUT2D eigenvalue weighted by Gasteiger charge is -2.15. The summed E-state index contributed by atoms with van der Waals surface area (Å²) in [4.78, 5) is 12.4. The van der Waals surface area contributed by atoms with Gasteiger partial charge in [0.2, 0.25) is 0 Å². The standard InChI is InChI=1S/C18H20N2O/c1-12(13-5-3-2-4-6-13)20-18(21)15-9-10-17(19)16(11-15)14-7-8-14/h2-6,9-12,14H,7-8,19H2,1H3,(H,20,21). The van der Waals surface area contributed by atoms with Crippen molar-refractivity contribution in [3.8, 4) is 0 Å². The molecular formula is C18H20N2O. The summed E-state index contributed by atoms with van der Waals surface area (Å²) in [7, 11) is 0. The molecular weight excluding hydrogens is 260 g/mol. The zero-order valence-electron chi connectivity index (χ0n) is 12.2. The number of amides is 1. The first kappa shape index (κ1) is 13.7. The number of nitrogens with two attached hydrogens (primary N) is 1. The van der Waals surface area contributed by atoms with Crippen LogP contribution in [0.1, 0.15) is 53.2 Å². The van der Waals surface area contributed by atoms with Gasteiger partial charge in [0.1, 0.15) is 0 Å². The largest absolute Gasteiger partial charge is 0.398 e. The number of anilines is 1. The van der Waals surface area contributed by atoms with E-state index in [0.717, 1.165) is 16.8 Å². The zero-order valence-corrected chi connectivity index (χ0v) is 12.2. The molecule has 2 aromatic carbocycles. The Morgan fingerprint density at radius 2 is 1.90 bits per heavy atom. The number of carbonyl (C=O) groups is 1. The molecule has 0 bridgehead atoms. The third-order valence-electron chi connectivity index (χ3n) is 4.01. The van der Waals surface area contributed by atoms with E-state index in [0.29, 0.717) is 11.5 Å². The number of rotatable bonds is 4. The summed E-state index contributed by atoms with van der Waals surface area (Å²) in [6.07, 6.45) is 2.35. The molecule has 0 spiro atoms. The SMILES string of the molecule is CC(NC(=O)c1ccc(N)c(C2CC2)c1)c1ccccc1. The van der Waals surface area contributed by atoms with Crippen LogP contribution in [0.2, 0.25) is 0 Å². The summed E-state index contributed by atoms with van der Waals surface area (Å²) in [5, 5.41) is 3.04. The van der Waals surface area contributed by atoms with Gasteiger partial charge >= 0.3 is 0 Å². The van der Waals surface area contributed by atoms with Gasteiger partial charge in [-0.25, -0.2) is 0 Å². The molecule has 1 atom stereocenters. The van der Waals surface area contributed by atoms with Gasteiger partial charge < -0.3 is 11.1 Å². The van der Waals surface area contributed by atoms with E-state index in [9.17, 15) is 4.79 Å². The van der Waals surface area contributed by atoms with E-state index in [4.69, 9.17) is 5.73 Å². The average molecular weight is 280 g/mol. The maximum atomic E-state index is 12.4. The molecule has 3 heteroatoms. The van der Waals surface area contributed by atoms with Crippen LogP contribution in [-0.2, 0) is 0 Å². The third kappa shape index (κ3) is 3.07. The first-order valence-corrected chi connectivity index (χ1v) is 7.40. The predicted molar refractivity (Wildman–Crippen MR) is 85.2 cm³/mol. The summed E-state index contributed by atoms with van der Waals surface area (Å²) in [5.41, 5.74) is 9.70. The van der Waals surface area contributed by atoms with Crippen molar-refractivity contribution < 1.29 is 4.79 Å². The van der Waals surface area contributed by atoms with E-state index in [2.05, 4.69) is 5.32 Å². The van der Waals surface area contributed by atoms with Crippen LogP contribution in [0.4, 0.5) is 5.69 Å². The summed E-state index contributed by atoms with van der Waals surface area (Å²) in [6.45, 7) is 1.99. The van der Waals surface area contributed by atoms with E-state index in [1.54, 1.807) is 6.07 Å². The van der Waals surface area contributed by atoms with Crippen LogP contribution in [0.3, 0.4) is 0 Å². The van der Waals surface area contributed by atoms with Crippen molar-refractivity contribution in [2.45, 2.75) is 31.7 Å². The van der Waals surface area contributed by atoms with Crippen LogP contribution in [0.5, 0.6) is 0 Å². The molecule has 0 heterocycles. The van der Waals surface area contributed by atoms with Crippen LogP contribution in [0.15, 0.2) is 48.5 Å². The molecule has 1 saturated carbocycles. The maximum Gasteiger partial charge on any atom is 0.251 e. The molecule has 1 amide bonds. The Morgan fingerprint density at radius 1 is 1.19 bits per heavy atom. The van der Waals surface area contributed by atoms with Crippen LogP contribution < -0.4 is 11.1 Å². The molecule has 1 fully saturated rings. The minimum Gasteiger partial charge on any atom is -0.398 e. The van der Waals surface area contributed by atoms with Crippen molar-refractivity contribution in [2.24, 2.45) is 0 Å². The molecule has 1 unspecified atom stereocenters. The van der Waals surface area contributed by atoms with E-state index < -0.39 is 0 Å². The fourth-order valence-corrected chi connectivity index (χ4v) is 2.57. The normalized spacial score (nSPS) is 15.5. The number of benzene rings is 2. The fourth-order valence-electron chi connectivity index (χ4n) is 2.57. The zero-order chi connectivity index (χ0) is 14.8. The number of carbonyl (C=O) groups excluding carboxylic acids is 1. The third-order valence-corrected chi connectivity index (χ3v) is 4.01. The Labute approximate surface area is 125 Å². The molecule has 108 valence electrons. The Bertz CT molecular complexity index is 648. The summed E-state index contributed by atoms with van der Waals surface area (Å²) < 4.78 is 0. The van der Waals surface area contributed by atoms with Gasteiger partial charge in [0.25, 0.3) is 5.91 Å². The van der Waals surface area contributed by atoms with E-state index >= 15 is 0 Å². The van der Waals surface area contributed by atoms with Gasteiger partial charge in [-0.05, 0) is 55.0 Å². The molecule has 3 N–H and O–H groups in total. The fraction of sp³-hybridized carbons (Fsp3) is 0.278. The van der Waals surface area contributed by atoms with Crippen LogP contribution >= 0.6 is 0 Å². The lowest BCUT2D eigenvalue weighted by atomic mass is 10.0. The van der Waals surface area contributed by atoms with Gasteiger partial charge in [-0.3, -0.25) is 4.79 Å². The molecule has 2 aromatic rings. The Hall–Kier alpha value is -2.29. The highest BCUT2D eigenvalue weighted by Crippen LogP contribution is 2.42. The average Bonchev–Trinajstić information content (AvgIpc) is 3.33. The van der Waals surface area contributed by atoms with E-state index in [1.165, 1.54) is 12.8 Å². The van der Waals surface area contributed by atoms with Gasteiger partial charge in [-0.15, -0.1) is 0 Å². The van der Waals surface area contributed by atoms with Gasteiger partial charge in [-0.1, -0.05) is 30.3 Å². The second kappa shape index (κ2) is 5.60. The first-order chi connectivity index (χ1) is 10.1. The highest BCUT2D eigenvalue weighted by atomic mass is 16.1. The van der Waals surface area contributed by atoms with Crippen LogP contribution in [-0.4, -0.2) is 5.91 Å². The summed E-state index contributed by atoms with van der Waals surface area (Å²) >= 11 is 0. The Kier molecular flexibility index (Phi) is 3.65. The van der Waals surface area contributed by atoms with Crippen molar-refractivity contribution in [2.75, 3.05) is 5.73 Å². The maximum absolute atomic E-state index is 12.4. The minimum atomic E-state index is -0.0479. The quantitative estimate of drug-likeness (QED) is 0.840. The van der Waals surface area contributed by atoms with Crippen LogP contribution in [0.25, 0.3) is 0 Å². The van der Waals surface area contributed by atoms with E-state index in [-0.39, 0.29) is 11.9 Å². The van der Waals surface area contributed by atoms with Crippen molar-refractivity contribution in [3.63, 3.8) is 0 Å². The number of nitrogens with one attached hydrogen (secondary N) is 1. The van der Waals surface area contributed by atoms with Crippen molar-refractivity contribution in [3.05, 3.63) is 65.2 Å². The molecule has 3 rings (SSSR count). The van der Waals surface area contributed by atoms with Crippen molar-refractivity contribution in [1.29, 1.82) is 0 Å².